The fraction of sp³-hybridized carbons (Fsp3) is 0.125. The van der Waals surface area contributed by atoms with Crippen LogP contribution in [0.15, 0.2) is 17.2 Å². The van der Waals surface area contributed by atoms with Crippen molar-refractivity contribution in [3.8, 4) is 0 Å². The number of rotatable bonds is 2. The smallest absolute Gasteiger partial charge is 0.184 e. The number of nitrogens with two attached hydrogens (primary N) is 2. The van der Waals surface area contributed by atoms with Gasteiger partial charge in [0.25, 0.3) is 0 Å². The summed E-state index contributed by atoms with van der Waals surface area (Å²) < 4.78 is 0. The summed E-state index contributed by atoms with van der Waals surface area (Å²) in [6.07, 6.45) is 1.52. The molecule has 0 atom stereocenters. The van der Waals surface area contributed by atoms with Crippen molar-refractivity contribution < 1.29 is 0 Å². The fourth-order valence-electron chi connectivity index (χ4n) is 0.825. The molecular weight excluding hydrogens is 198 g/mol. The summed E-state index contributed by atoms with van der Waals surface area (Å²) in [5.74, 6) is 0. The molecule has 74 valence electrons. The Kier molecular flexibility index (Phi) is 3.35. The third-order valence-electron chi connectivity index (χ3n) is 1.52. The molecule has 0 amide bonds. The number of nitrogen functional groups attached to an aromatic ring is 1. The van der Waals surface area contributed by atoms with Crippen LogP contribution in [0.1, 0.15) is 11.4 Å². The third-order valence-corrected chi connectivity index (χ3v) is 1.61. The molecule has 0 aliphatic rings. The SMILES string of the molecule is Cc1nc(/C=N/NC(N)=S)ccc1N. The van der Waals surface area contributed by atoms with Crippen molar-refractivity contribution in [2.24, 2.45) is 10.8 Å². The number of pyridine rings is 1. The van der Waals surface area contributed by atoms with Gasteiger partial charge in [0.15, 0.2) is 5.11 Å². The second kappa shape index (κ2) is 4.52. The molecule has 0 aliphatic carbocycles. The zero-order valence-corrected chi connectivity index (χ0v) is 8.51. The van der Waals surface area contributed by atoms with Gasteiger partial charge in [-0.05, 0) is 31.3 Å². The molecule has 6 heteroatoms. The first-order valence-electron chi connectivity index (χ1n) is 3.91. The van der Waals surface area contributed by atoms with E-state index in [9.17, 15) is 0 Å². The van der Waals surface area contributed by atoms with Crippen LogP contribution in [0.4, 0.5) is 5.69 Å². The molecule has 5 nitrogen and oxygen atoms in total. The van der Waals surface area contributed by atoms with Gasteiger partial charge in [-0.15, -0.1) is 0 Å². The molecular formula is C8H11N5S. The molecule has 0 radical (unpaired) electrons. The first-order chi connectivity index (χ1) is 6.59. The Morgan fingerprint density at radius 1 is 1.64 bits per heavy atom. The Balaban J connectivity index is 2.73. The molecule has 0 fully saturated rings. The van der Waals surface area contributed by atoms with Gasteiger partial charge >= 0.3 is 0 Å². The molecule has 0 spiro atoms. The van der Waals surface area contributed by atoms with Gasteiger partial charge in [0, 0.05) is 0 Å². The normalized spacial score (nSPS) is 10.4. The van der Waals surface area contributed by atoms with Gasteiger partial charge < -0.3 is 11.5 Å². The van der Waals surface area contributed by atoms with E-state index in [1.54, 1.807) is 12.1 Å². The largest absolute Gasteiger partial charge is 0.397 e. The molecule has 1 aromatic heterocycles. The monoisotopic (exact) mass is 209 g/mol. The fourth-order valence-corrected chi connectivity index (χ4v) is 0.878. The van der Waals surface area contributed by atoms with Crippen LogP contribution < -0.4 is 16.9 Å². The van der Waals surface area contributed by atoms with Gasteiger partial charge in [-0.1, -0.05) is 0 Å². The average molecular weight is 209 g/mol. The summed E-state index contributed by atoms with van der Waals surface area (Å²) in [6, 6.07) is 3.53. The Labute approximate surface area is 87.2 Å². The standard InChI is InChI=1S/C8H11N5S/c1-5-7(9)3-2-6(12-5)4-11-13-8(10)14/h2-4H,9H2,1H3,(H3,10,13,14)/b11-4+. The van der Waals surface area contributed by atoms with E-state index in [0.29, 0.717) is 11.4 Å². The molecule has 0 saturated carbocycles. The number of nitrogens with one attached hydrogen (secondary N) is 1. The van der Waals surface area contributed by atoms with Gasteiger partial charge in [-0.2, -0.15) is 5.10 Å². The summed E-state index contributed by atoms with van der Waals surface area (Å²) in [5, 5.41) is 3.89. The summed E-state index contributed by atoms with van der Waals surface area (Å²) in [6.45, 7) is 1.83. The summed E-state index contributed by atoms with van der Waals surface area (Å²) in [7, 11) is 0. The van der Waals surface area contributed by atoms with E-state index in [0.717, 1.165) is 5.69 Å². The second-order valence-electron chi connectivity index (χ2n) is 2.65. The van der Waals surface area contributed by atoms with Gasteiger partial charge in [0.1, 0.15) is 0 Å². The molecule has 5 N–H and O–H groups in total. The van der Waals surface area contributed by atoms with E-state index in [4.69, 9.17) is 11.5 Å². The van der Waals surface area contributed by atoms with Crippen LogP contribution in [0.25, 0.3) is 0 Å². The number of aromatic nitrogens is 1. The van der Waals surface area contributed by atoms with Crippen LogP contribution in [0.3, 0.4) is 0 Å². The minimum Gasteiger partial charge on any atom is -0.397 e. The van der Waals surface area contributed by atoms with Crippen LogP contribution in [-0.4, -0.2) is 16.3 Å². The number of hydrazone groups is 1. The Bertz CT molecular complexity index is 374. The van der Waals surface area contributed by atoms with Crippen molar-refractivity contribution >= 4 is 29.2 Å². The topological polar surface area (TPSA) is 89.3 Å². The van der Waals surface area contributed by atoms with Crippen molar-refractivity contribution in [1.29, 1.82) is 0 Å². The molecule has 0 bridgehead atoms. The van der Waals surface area contributed by atoms with E-state index >= 15 is 0 Å². The highest BCUT2D eigenvalue weighted by atomic mass is 32.1. The van der Waals surface area contributed by atoms with E-state index in [1.165, 1.54) is 6.21 Å². The third kappa shape index (κ3) is 2.98. The molecule has 0 aliphatic heterocycles. The maximum atomic E-state index is 5.60. The van der Waals surface area contributed by atoms with Crippen molar-refractivity contribution in [2.45, 2.75) is 6.92 Å². The Hall–Kier alpha value is -1.69. The van der Waals surface area contributed by atoms with Crippen molar-refractivity contribution in [2.75, 3.05) is 5.73 Å². The van der Waals surface area contributed by atoms with Gasteiger partial charge in [0.2, 0.25) is 0 Å². The molecule has 1 heterocycles. The van der Waals surface area contributed by atoms with E-state index < -0.39 is 0 Å². The predicted molar refractivity (Wildman–Crippen MR) is 60.9 cm³/mol. The van der Waals surface area contributed by atoms with Gasteiger partial charge in [-0.3, -0.25) is 5.43 Å². The van der Waals surface area contributed by atoms with Crippen molar-refractivity contribution in [3.63, 3.8) is 0 Å². The number of hydrogen-bond acceptors (Lipinski definition) is 4. The molecule has 0 unspecified atom stereocenters. The van der Waals surface area contributed by atoms with Crippen LogP contribution in [0.5, 0.6) is 0 Å². The van der Waals surface area contributed by atoms with Gasteiger partial charge in [0.05, 0.1) is 23.3 Å². The van der Waals surface area contributed by atoms with Crippen LogP contribution in [-0.2, 0) is 0 Å². The Morgan fingerprint density at radius 2 is 2.36 bits per heavy atom. The van der Waals surface area contributed by atoms with Crippen LogP contribution in [0.2, 0.25) is 0 Å². The zero-order chi connectivity index (χ0) is 10.6. The number of hydrogen-bond donors (Lipinski definition) is 3. The van der Waals surface area contributed by atoms with Gasteiger partial charge in [-0.25, -0.2) is 4.98 Å². The minimum absolute atomic E-state index is 0.119. The summed E-state index contributed by atoms with van der Waals surface area (Å²) in [4.78, 5) is 4.17. The van der Waals surface area contributed by atoms with Crippen molar-refractivity contribution in [3.05, 3.63) is 23.5 Å². The highest BCUT2D eigenvalue weighted by molar-refractivity contribution is 7.80. The first-order valence-corrected chi connectivity index (χ1v) is 4.32. The number of aryl methyl sites for hydroxylation is 1. The highest BCUT2D eigenvalue weighted by Crippen LogP contribution is 2.06. The molecule has 0 aromatic carbocycles. The predicted octanol–water partition coefficient (Wildman–Crippen LogP) is 0.139. The summed E-state index contributed by atoms with van der Waals surface area (Å²) >= 11 is 4.57. The average Bonchev–Trinajstić information content (AvgIpc) is 2.10. The second-order valence-corrected chi connectivity index (χ2v) is 3.08. The zero-order valence-electron chi connectivity index (χ0n) is 7.69. The quantitative estimate of drug-likeness (QED) is 0.366. The highest BCUT2D eigenvalue weighted by Gasteiger charge is 1.95. The number of anilines is 1. The van der Waals surface area contributed by atoms with E-state index in [2.05, 4.69) is 27.7 Å². The first kappa shape index (κ1) is 10.4. The minimum atomic E-state index is 0.119. The molecule has 0 saturated heterocycles. The van der Waals surface area contributed by atoms with E-state index in [-0.39, 0.29) is 5.11 Å². The number of thiocarbonyl (C=S) groups is 1. The van der Waals surface area contributed by atoms with Crippen LogP contribution >= 0.6 is 12.2 Å². The lowest BCUT2D eigenvalue weighted by Crippen LogP contribution is -2.24. The lowest BCUT2D eigenvalue weighted by molar-refractivity contribution is 1.04. The van der Waals surface area contributed by atoms with Crippen LogP contribution in [0, 0.1) is 6.92 Å². The molecule has 1 aromatic rings. The lowest BCUT2D eigenvalue weighted by atomic mass is 10.3. The molecule has 14 heavy (non-hydrogen) atoms. The maximum absolute atomic E-state index is 5.60. The molecule has 1 rings (SSSR count). The van der Waals surface area contributed by atoms with E-state index in [1.807, 2.05) is 6.92 Å². The maximum Gasteiger partial charge on any atom is 0.184 e. The number of nitrogens with zero attached hydrogens (tertiary/aromatic N) is 2. The summed E-state index contributed by atoms with van der Waals surface area (Å²) in [5.41, 5.74) is 15.3. The lowest BCUT2D eigenvalue weighted by Gasteiger charge is -1.99. The Morgan fingerprint density at radius 3 is 2.93 bits per heavy atom. The van der Waals surface area contributed by atoms with Crippen molar-refractivity contribution in [1.82, 2.24) is 10.4 Å².